The SMILES string of the molecule is Cc1oc(Nc2ncnc3nc[nH]c23)c(C#N)c1C. The lowest BCUT2D eigenvalue weighted by atomic mass is 10.2. The summed E-state index contributed by atoms with van der Waals surface area (Å²) in [7, 11) is 0. The summed E-state index contributed by atoms with van der Waals surface area (Å²) in [5, 5.41) is 12.2. The lowest BCUT2D eigenvalue weighted by Gasteiger charge is -2.02. The Kier molecular flexibility index (Phi) is 2.42. The van der Waals surface area contributed by atoms with Crippen LogP contribution < -0.4 is 5.32 Å². The van der Waals surface area contributed by atoms with Gasteiger partial charge in [-0.1, -0.05) is 0 Å². The summed E-state index contributed by atoms with van der Waals surface area (Å²) in [4.78, 5) is 15.1. The quantitative estimate of drug-likeness (QED) is 0.726. The van der Waals surface area contributed by atoms with Crippen molar-refractivity contribution in [3.05, 3.63) is 29.5 Å². The van der Waals surface area contributed by atoms with E-state index in [1.807, 2.05) is 13.8 Å². The average molecular weight is 254 g/mol. The summed E-state index contributed by atoms with van der Waals surface area (Å²) < 4.78 is 5.54. The van der Waals surface area contributed by atoms with Crippen molar-refractivity contribution < 1.29 is 4.42 Å². The second kappa shape index (κ2) is 4.10. The number of aromatic amines is 1. The Morgan fingerprint density at radius 3 is 2.95 bits per heavy atom. The van der Waals surface area contributed by atoms with Gasteiger partial charge in [0, 0.05) is 5.56 Å². The van der Waals surface area contributed by atoms with E-state index < -0.39 is 0 Å². The molecule has 7 nitrogen and oxygen atoms in total. The number of aromatic nitrogens is 4. The van der Waals surface area contributed by atoms with Crippen LogP contribution in [0.2, 0.25) is 0 Å². The molecular weight excluding hydrogens is 244 g/mol. The maximum Gasteiger partial charge on any atom is 0.216 e. The van der Waals surface area contributed by atoms with Gasteiger partial charge in [0.1, 0.15) is 29.2 Å². The third-order valence-corrected chi connectivity index (χ3v) is 2.95. The summed E-state index contributed by atoms with van der Waals surface area (Å²) in [5.41, 5.74) is 2.51. The Morgan fingerprint density at radius 1 is 1.32 bits per heavy atom. The number of rotatable bonds is 2. The number of aryl methyl sites for hydroxylation is 1. The largest absolute Gasteiger partial charge is 0.444 e. The topological polar surface area (TPSA) is 103 Å². The molecule has 0 fully saturated rings. The van der Waals surface area contributed by atoms with Crippen LogP contribution in [0, 0.1) is 25.2 Å². The van der Waals surface area contributed by atoms with Crippen LogP contribution in [0.15, 0.2) is 17.1 Å². The monoisotopic (exact) mass is 254 g/mol. The van der Waals surface area contributed by atoms with Crippen LogP contribution in [-0.2, 0) is 0 Å². The standard InChI is InChI=1S/C12H10N6O/c1-6-7(2)19-12(8(6)3-13)18-11-9-10(15-4-14-9)16-5-17-11/h4-5H,1-2H3,(H2,14,15,16,17,18). The lowest BCUT2D eigenvalue weighted by Crippen LogP contribution is -1.96. The molecule has 0 aromatic carbocycles. The molecule has 0 amide bonds. The molecular formula is C12H10N6O. The van der Waals surface area contributed by atoms with Crippen molar-refractivity contribution in [2.24, 2.45) is 0 Å². The first kappa shape index (κ1) is 11.2. The second-order valence-corrected chi connectivity index (χ2v) is 4.05. The van der Waals surface area contributed by atoms with Gasteiger partial charge in [-0.05, 0) is 13.8 Å². The second-order valence-electron chi connectivity index (χ2n) is 4.05. The van der Waals surface area contributed by atoms with E-state index >= 15 is 0 Å². The van der Waals surface area contributed by atoms with Gasteiger partial charge in [0.05, 0.1) is 6.33 Å². The third kappa shape index (κ3) is 1.70. The molecule has 0 bridgehead atoms. The average Bonchev–Trinajstić information content (AvgIpc) is 2.97. The van der Waals surface area contributed by atoms with Gasteiger partial charge in [0.2, 0.25) is 5.88 Å². The molecule has 0 aliphatic rings. The molecule has 7 heteroatoms. The number of furan rings is 1. The van der Waals surface area contributed by atoms with E-state index in [0.29, 0.717) is 34.2 Å². The molecule has 0 atom stereocenters. The lowest BCUT2D eigenvalue weighted by molar-refractivity contribution is 0.548. The number of fused-ring (bicyclic) bond motifs is 1. The van der Waals surface area contributed by atoms with E-state index in [1.54, 1.807) is 0 Å². The van der Waals surface area contributed by atoms with Gasteiger partial charge in [-0.2, -0.15) is 5.26 Å². The van der Waals surface area contributed by atoms with Crippen LogP contribution in [0.25, 0.3) is 11.2 Å². The molecule has 0 aliphatic carbocycles. The molecule has 0 aliphatic heterocycles. The predicted molar refractivity (Wildman–Crippen MR) is 67.9 cm³/mol. The summed E-state index contributed by atoms with van der Waals surface area (Å²) in [5.74, 6) is 1.61. The molecule has 3 rings (SSSR count). The van der Waals surface area contributed by atoms with Crippen LogP contribution in [0.4, 0.5) is 11.7 Å². The van der Waals surface area contributed by atoms with Crippen molar-refractivity contribution >= 4 is 22.9 Å². The number of nitrogens with zero attached hydrogens (tertiary/aromatic N) is 4. The maximum absolute atomic E-state index is 9.16. The van der Waals surface area contributed by atoms with E-state index in [-0.39, 0.29) is 0 Å². The van der Waals surface area contributed by atoms with Crippen molar-refractivity contribution in [3.63, 3.8) is 0 Å². The number of hydrogen-bond acceptors (Lipinski definition) is 6. The van der Waals surface area contributed by atoms with Crippen molar-refractivity contribution in [1.29, 1.82) is 5.26 Å². The number of hydrogen-bond donors (Lipinski definition) is 2. The van der Waals surface area contributed by atoms with Gasteiger partial charge >= 0.3 is 0 Å². The molecule has 3 heterocycles. The smallest absolute Gasteiger partial charge is 0.216 e. The first-order chi connectivity index (χ1) is 9.20. The Bertz CT molecular complexity index is 794. The molecule has 19 heavy (non-hydrogen) atoms. The molecule has 3 aromatic heterocycles. The van der Waals surface area contributed by atoms with Crippen LogP contribution in [0.1, 0.15) is 16.9 Å². The fourth-order valence-electron chi connectivity index (χ4n) is 1.82. The highest BCUT2D eigenvalue weighted by molar-refractivity contribution is 5.84. The molecule has 94 valence electrons. The number of anilines is 2. The van der Waals surface area contributed by atoms with Gasteiger partial charge < -0.3 is 14.7 Å². The number of imidazole rings is 1. The van der Waals surface area contributed by atoms with Crippen molar-refractivity contribution in [1.82, 2.24) is 19.9 Å². The van der Waals surface area contributed by atoms with Gasteiger partial charge in [0.25, 0.3) is 0 Å². The molecule has 0 radical (unpaired) electrons. The van der Waals surface area contributed by atoms with Crippen LogP contribution in [0.5, 0.6) is 0 Å². The summed E-state index contributed by atoms with van der Waals surface area (Å²) >= 11 is 0. The van der Waals surface area contributed by atoms with Crippen molar-refractivity contribution in [2.45, 2.75) is 13.8 Å². The van der Waals surface area contributed by atoms with E-state index in [2.05, 4.69) is 31.3 Å². The van der Waals surface area contributed by atoms with Crippen LogP contribution in [-0.4, -0.2) is 19.9 Å². The Balaban J connectivity index is 2.09. The maximum atomic E-state index is 9.16. The highest BCUT2D eigenvalue weighted by Crippen LogP contribution is 2.29. The first-order valence-corrected chi connectivity index (χ1v) is 5.62. The Morgan fingerprint density at radius 2 is 2.16 bits per heavy atom. The normalized spacial score (nSPS) is 10.6. The van der Waals surface area contributed by atoms with Gasteiger partial charge in [0.15, 0.2) is 11.5 Å². The number of nitriles is 1. The highest BCUT2D eigenvalue weighted by Gasteiger charge is 2.16. The summed E-state index contributed by atoms with van der Waals surface area (Å²) in [6.07, 6.45) is 2.94. The Hall–Kier alpha value is -2.88. The molecule has 3 aromatic rings. The number of nitrogens with one attached hydrogen (secondary N) is 2. The fourth-order valence-corrected chi connectivity index (χ4v) is 1.82. The highest BCUT2D eigenvalue weighted by atomic mass is 16.4. The predicted octanol–water partition coefficient (Wildman–Crippen LogP) is 2.18. The Labute approximate surface area is 108 Å². The van der Waals surface area contributed by atoms with Crippen molar-refractivity contribution in [2.75, 3.05) is 5.32 Å². The minimum absolute atomic E-state index is 0.382. The zero-order valence-corrected chi connectivity index (χ0v) is 10.4. The van der Waals surface area contributed by atoms with E-state index in [1.165, 1.54) is 12.7 Å². The minimum Gasteiger partial charge on any atom is -0.444 e. The fraction of sp³-hybridized carbons (Fsp3) is 0.167. The molecule has 0 saturated heterocycles. The van der Waals surface area contributed by atoms with Crippen LogP contribution >= 0.6 is 0 Å². The van der Waals surface area contributed by atoms with Crippen molar-refractivity contribution in [3.8, 4) is 6.07 Å². The summed E-state index contributed by atoms with van der Waals surface area (Å²) in [6, 6.07) is 2.12. The van der Waals surface area contributed by atoms with E-state index in [4.69, 9.17) is 9.68 Å². The van der Waals surface area contributed by atoms with Gasteiger partial charge in [-0.25, -0.2) is 15.0 Å². The molecule has 0 spiro atoms. The molecule has 0 saturated carbocycles. The zero-order chi connectivity index (χ0) is 13.4. The minimum atomic E-state index is 0.382. The molecule has 2 N–H and O–H groups in total. The van der Waals surface area contributed by atoms with Gasteiger partial charge in [-0.15, -0.1) is 0 Å². The molecule has 0 unspecified atom stereocenters. The van der Waals surface area contributed by atoms with Crippen LogP contribution in [0.3, 0.4) is 0 Å². The van der Waals surface area contributed by atoms with E-state index in [9.17, 15) is 0 Å². The summed E-state index contributed by atoms with van der Waals surface area (Å²) in [6.45, 7) is 3.65. The van der Waals surface area contributed by atoms with E-state index in [0.717, 1.165) is 5.56 Å². The third-order valence-electron chi connectivity index (χ3n) is 2.95. The first-order valence-electron chi connectivity index (χ1n) is 5.62. The zero-order valence-electron chi connectivity index (χ0n) is 10.4. The number of H-pyrrole nitrogens is 1. The van der Waals surface area contributed by atoms with Gasteiger partial charge in [-0.3, -0.25) is 0 Å².